The highest BCUT2D eigenvalue weighted by Gasteiger charge is 2.52. The number of hydrogen-bond acceptors (Lipinski definition) is 4. The van der Waals surface area contributed by atoms with Gasteiger partial charge in [0.2, 0.25) is 5.91 Å². The molecule has 5 nitrogen and oxygen atoms in total. The van der Waals surface area contributed by atoms with Crippen LogP contribution >= 0.6 is 11.6 Å². The maximum atomic E-state index is 12.4. The molecule has 1 heterocycles. The van der Waals surface area contributed by atoms with Gasteiger partial charge >= 0.3 is 0 Å². The Hall–Kier alpha value is -1.14. The van der Waals surface area contributed by atoms with Gasteiger partial charge < -0.3 is 20.8 Å². The van der Waals surface area contributed by atoms with Gasteiger partial charge in [-0.1, -0.05) is 37.6 Å². The molecule has 0 aliphatic carbocycles. The molecule has 128 valence electrons. The molecule has 0 spiro atoms. The van der Waals surface area contributed by atoms with Crippen LogP contribution in [0.4, 0.5) is 0 Å². The summed E-state index contributed by atoms with van der Waals surface area (Å²) in [5.74, 6) is -0.178. The molecule has 23 heavy (non-hydrogen) atoms. The first-order valence-corrected chi connectivity index (χ1v) is 8.21. The fraction of sp³-hybridized carbons (Fsp3) is 0.588. The lowest BCUT2D eigenvalue weighted by Crippen LogP contribution is -2.64. The van der Waals surface area contributed by atoms with Crippen molar-refractivity contribution in [3.8, 4) is 0 Å². The van der Waals surface area contributed by atoms with Crippen molar-refractivity contribution < 1.29 is 15.0 Å². The number of rotatable bonds is 3. The Morgan fingerprint density at radius 2 is 1.87 bits per heavy atom. The number of carbonyl (C=O) groups is 1. The minimum absolute atomic E-state index is 0.0181. The number of nitrogens with zero attached hydrogens (tertiary/aromatic N) is 1. The van der Waals surface area contributed by atoms with E-state index in [0.29, 0.717) is 17.1 Å². The van der Waals surface area contributed by atoms with Crippen molar-refractivity contribution in [2.75, 3.05) is 13.1 Å². The van der Waals surface area contributed by atoms with Crippen molar-refractivity contribution in [3.63, 3.8) is 0 Å². The predicted octanol–water partition coefficient (Wildman–Crippen LogP) is 1.49. The molecule has 1 amide bonds. The molecule has 1 unspecified atom stereocenters. The molecule has 1 aliphatic heterocycles. The summed E-state index contributed by atoms with van der Waals surface area (Å²) in [6.07, 6.45) is 0.234. The summed E-state index contributed by atoms with van der Waals surface area (Å²) in [6, 6.07) is 6.16. The van der Waals surface area contributed by atoms with Crippen LogP contribution in [0.1, 0.15) is 32.8 Å². The Morgan fingerprint density at radius 3 is 2.35 bits per heavy atom. The van der Waals surface area contributed by atoms with E-state index in [4.69, 9.17) is 17.3 Å². The first-order valence-electron chi connectivity index (χ1n) is 7.83. The summed E-state index contributed by atoms with van der Waals surface area (Å²) in [7, 11) is 0. The van der Waals surface area contributed by atoms with E-state index in [-0.39, 0.29) is 24.8 Å². The highest BCUT2D eigenvalue weighted by atomic mass is 35.5. The number of carbonyl (C=O) groups excluding carboxylic acids is 1. The van der Waals surface area contributed by atoms with Gasteiger partial charge in [-0.3, -0.25) is 4.79 Å². The molecule has 0 saturated carbocycles. The lowest BCUT2D eigenvalue weighted by atomic mass is 9.73. The zero-order valence-electron chi connectivity index (χ0n) is 13.8. The summed E-state index contributed by atoms with van der Waals surface area (Å²) in [4.78, 5) is 13.9. The van der Waals surface area contributed by atoms with E-state index < -0.39 is 17.2 Å². The van der Waals surface area contributed by atoms with Crippen LogP contribution < -0.4 is 5.73 Å². The normalized spacial score (nSPS) is 29.7. The zero-order chi connectivity index (χ0) is 17.4. The smallest absolute Gasteiger partial charge is 0.239 e. The Bertz CT molecular complexity index is 574. The second-order valence-electron chi connectivity index (χ2n) is 6.92. The van der Waals surface area contributed by atoms with E-state index in [9.17, 15) is 15.0 Å². The van der Waals surface area contributed by atoms with Crippen molar-refractivity contribution in [2.24, 2.45) is 11.7 Å². The first-order chi connectivity index (χ1) is 10.6. The van der Waals surface area contributed by atoms with E-state index in [1.165, 1.54) is 4.90 Å². The van der Waals surface area contributed by atoms with Crippen molar-refractivity contribution >= 4 is 17.5 Å². The number of nitrogens with two attached hydrogens (primary N) is 1. The lowest BCUT2D eigenvalue weighted by molar-refractivity contribution is -0.191. The third-order valence-electron chi connectivity index (χ3n) is 4.77. The van der Waals surface area contributed by atoms with Crippen LogP contribution in [0.15, 0.2) is 24.3 Å². The third-order valence-corrected chi connectivity index (χ3v) is 5.02. The van der Waals surface area contributed by atoms with E-state index >= 15 is 0 Å². The Labute approximate surface area is 142 Å². The number of hydrogen-bond donors (Lipinski definition) is 3. The fourth-order valence-electron chi connectivity index (χ4n) is 3.01. The summed E-state index contributed by atoms with van der Waals surface area (Å²) < 4.78 is 0. The van der Waals surface area contributed by atoms with Gasteiger partial charge in [-0.15, -0.1) is 0 Å². The minimum Gasteiger partial charge on any atom is -0.385 e. The highest BCUT2D eigenvalue weighted by molar-refractivity contribution is 6.30. The number of aliphatic hydroxyl groups is 2. The molecule has 1 saturated heterocycles. The van der Waals surface area contributed by atoms with Crippen LogP contribution in [0.25, 0.3) is 0 Å². The van der Waals surface area contributed by atoms with Gasteiger partial charge in [-0.2, -0.15) is 0 Å². The molecular weight excluding hydrogens is 316 g/mol. The molecule has 0 radical (unpaired) electrons. The summed E-state index contributed by atoms with van der Waals surface area (Å²) in [6.45, 7) is 5.69. The molecular formula is C17H25ClN2O3. The number of β-amino-alcohol motifs (C(OH)–C–C–N with tert-alkyl or cyclic N) is 1. The monoisotopic (exact) mass is 340 g/mol. The highest BCUT2D eigenvalue weighted by Crippen LogP contribution is 2.40. The molecule has 1 aromatic carbocycles. The van der Waals surface area contributed by atoms with E-state index in [0.717, 1.165) is 0 Å². The van der Waals surface area contributed by atoms with Crippen LogP contribution in [0.2, 0.25) is 5.02 Å². The summed E-state index contributed by atoms with van der Waals surface area (Å²) >= 11 is 5.89. The fourth-order valence-corrected chi connectivity index (χ4v) is 3.14. The van der Waals surface area contributed by atoms with E-state index in [2.05, 4.69) is 0 Å². The maximum Gasteiger partial charge on any atom is 0.239 e. The SMILES string of the molecule is CC(C)C(N)C(=O)N1CC[C@](O)(c2ccc(Cl)cc2)[C@@](C)(O)C1. The topological polar surface area (TPSA) is 86.8 Å². The third kappa shape index (κ3) is 3.38. The number of halogens is 1. The second kappa shape index (κ2) is 6.40. The molecule has 2 rings (SSSR count). The second-order valence-corrected chi connectivity index (χ2v) is 7.36. The van der Waals surface area contributed by atoms with Crippen LogP contribution in [-0.2, 0) is 10.4 Å². The Morgan fingerprint density at radius 1 is 1.30 bits per heavy atom. The van der Waals surface area contributed by atoms with Crippen molar-refractivity contribution in [2.45, 2.75) is 44.4 Å². The van der Waals surface area contributed by atoms with Gasteiger partial charge in [-0.25, -0.2) is 0 Å². The van der Waals surface area contributed by atoms with Gasteiger partial charge in [0, 0.05) is 18.0 Å². The van der Waals surface area contributed by atoms with Gasteiger partial charge in [0.1, 0.15) is 11.2 Å². The molecule has 0 bridgehead atoms. The number of likely N-dealkylation sites (tertiary alicyclic amines) is 1. The minimum atomic E-state index is -1.48. The summed E-state index contributed by atoms with van der Waals surface area (Å²) in [5.41, 5.74) is 3.60. The van der Waals surface area contributed by atoms with Crippen LogP contribution in [-0.4, -0.2) is 45.8 Å². The standard InChI is InChI=1S/C17H25ClN2O3/c1-11(2)14(19)15(21)20-9-8-17(23,16(3,22)10-20)12-4-6-13(18)7-5-12/h4-7,11,14,22-23H,8-10,19H2,1-3H3/t14?,16-,17-/m0/s1. The molecule has 1 aliphatic rings. The van der Waals surface area contributed by atoms with Gasteiger partial charge in [-0.05, 0) is 30.5 Å². The van der Waals surface area contributed by atoms with Crippen LogP contribution in [0.3, 0.4) is 0 Å². The molecule has 0 aromatic heterocycles. The lowest BCUT2D eigenvalue weighted by Gasteiger charge is -2.49. The van der Waals surface area contributed by atoms with Crippen LogP contribution in [0, 0.1) is 5.92 Å². The summed E-state index contributed by atoms with van der Waals surface area (Å²) in [5, 5.41) is 22.4. The molecule has 4 N–H and O–H groups in total. The largest absolute Gasteiger partial charge is 0.385 e. The van der Waals surface area contributed by atoms with Crippen molar-refractivity contribution in [1.29, 1.82) is 0 Å². The average Bonchev–Trinajstić information content (AvgIpc) is 2.49. The molecule has 1 fully saturated rings. The molecule has 3 atom stereocenters. The van der Waals surface area contributed by atoms with Gasteiger partial charge in [0.05, 0.1) is 12.6 Å². The average molecular weight is 341 g/mol. The van der Waals surface area contributed by atoms with Gasteiger partial charge in [0.15, 0.2) is 0 Å². The van der Waals surface area contributed by atoms with Crippen molar-refractivity contribution in [1.82, 2.24) is 4.90 Å². The van der Waals surface area contributed by atoms with Gasteiger partial charge in [0.25, 0.3) is 0 Å². The number of piperidine rings is 1. The van der Waals surface area contributed by atoms with E-state index in [1.54, 1.807) is 31.2 Å². The number of amides is 1. The zero-order valence-corrected chi connectivity index (χ0v) is 14.5. The first kappa shape index (κ1) is 18.2. The Balaban J connectivity index is 2.23. The quantitative estimate of drug-likeness (QED) is 0.778. The van der Waals surface area contributed by atoms with Crippen LogP contribution in [0.5, 0.6) is 0 Å². The van der Waals surface area contributed by atoms with E-state index in [1.807, 2.05) is 13.8 Å². The van der Waals surface area contributed by atoms with Crippen molar-refractivity contribution in [3.05, 3.63) is 34.9 Å². The molecule has 1 aromatic rings. The molecule has 6 heteroatoms. The Kier molecular flexibility index (Phi) is 5.06. The predicted molar refractivity (Wildman–Crippen MR) is 90.0 cm³/mol. The maximum absolute atomic E-state index is 12.4. The number of benzene rings is 1.